The van der Waals surface area contributed by atoms with E-state index in [-0.39, 0.29) is 45.0 Å². The van der Waals surface area contributed by atoms with E-state index in [0.29, 0.717) is 19.5 Å². The van der Waals surface area contributed by atoms with E-state index in [1.807, 2.05) is 0 Å². The number of carboxylic acid groups (broad SMARTS) is 2. The third-order valence-corrected chi connectivity index (χ3v) is 3.42. The molecule has 27 heavy (non-hydrogen) atoms. The summed E-state index contributed by atoms with van der Waals surface area (Å²) in [6.07, 6.45) is 1.81. The number of aliphatic carboxylic acids is 2. The van der Waals surface area contributed by atoms with Gasteiger partial charge >= 0.3 is 18.0 Å². The molecule has 0 radical (unpaired) electrons. The van der Waals surface area contributed by atoms with Crippen LogP contribution in [-0.2, 0) is 19.1 Å². The predicted octanol–water partition coefficient (Wildman–Crippen LogP) is -0.711. The van der Waals surface area contributed by atoms with E-state index >= 15 is 0 Å². The van der Waals surface area contributed by atoms with Crippen molar-refractivity contribution in [1.82, 2.24) is 16.0 Å². The molecule has 0 saturated carbocycles. The van der Waals surface area contributed by atoms with Crippen LogP contribution in [0, 0.1) is 0 Å². The van der Waals surface area contributed by atoms with Crippen molar-refractivity contribution >= 4 is 23.9 Å². The average Bonchev–Trinajstić information content (AvgIpc) is 2.61. The standard InChI is InChI=1S/C16H29N3O8/c20-9-11-27-10-6-13(21)17-7-2-1-3-8-18-16(26)19-12(15(24)25)4-5-14(22)23/h12,20H,1-11H2,(H,17,21)(H,22,23)(H,24,25)(H2,18,19,26)/t12-/m0/s1. The third kappa shape index (κ3) is 15.6. The molecule has 0 rings (SSSR count). The van der Waals surface area contributed by atoms with E-state index in [9.17, 15) is 19.2 Å². The molecule has 0 aromatic rings. The summed E-state index contributed by atoms with van der Waals surface area (Å²) in [6, 6.07) is -1.92. The van der Waals surface area contributed by atoms with Gasteiger partial charge in [0.1, 0.15) is 6.04 Å². The van der Waals surface area contributed by atoms with Crippen LogP contribution < -0.4 is 16.0 Å². The number of hydrogen-bond donors (Lipinski definition) is 6. The average molecular weight is 391 g/mol. The molecule has 11 nitrogen and oxygen atoms in total. The summed E-state index contributed by atoms with van der Waals surface area (Å²) in [4.78, 5) is 44.5. The molecule has 0 spiro atoms. The van der Waals surface area contributed by atoms with Gasteiger partial charge in [0, 0.05) is 25.9 Å². The zero-order chi connectivity index (χ0) is 20.5. The van der Waals surface area contributed by atoms with Gasteiger partial charge in [0.25, 0.3) is 0 Å². The first-order valence-electron chi connectivity index (χ1n) is 8.81. The van der Waals surface area contributed by atoms with E-state index in [0.717, 1.165) is 12.8 Å². The molecule has 3 amide bonds. The highest BCUT2D eigenvalue weighted by molar-refractivity contribution is 5.83. The minimum Gasteiger partial charge on any atom is -0.481 e. The number of nitrogens with one attached hydrogen (secondary N) is 3. The Morgan fingerprint density at radius 1 is 0.889 bits per heavy atom. The van der Waals surface area contributed by atoms with Crippen molar-refractivity contribution in [2.24, 2.45) is 0 Å². The first kappa shape index (κ1) is 24.6. The molecule has 156 valence electrons. The van der Waals surface area contributed by atoms with Gasteiger partial charge in [0.2, 0.25) is 5.91 Å². The number of hydrogen-bond acceptors (Lipinski definition) is 6. The van der Waals surface area contributed by atoms with Crippen LogP contribution in [0.3, 0.4) is 0 Å². The lowest BCUT2D eigenvalue weighted by molar-refractivity contribution is -0.140. The number of ether oxygens (including phenoxy) is 1. The van der Waals surface area contributed by atoms with Crippen LogP contribution in [-0.4, -0.2) is 78.1 Å². The molecule has 0 fully saturated rings. The van der Waals surface area contributed by atoms with Gasteiger partial charge in [0.05, 0.1) is 19.8 Å². The van der Waals surface area contributed by atoms with Gasteiger partial charge in [-0.2, -0.15) is 0 Å². The number of carboxylic acids is 2. The molecule has 0 aromatic heterocycles. The fourth-order valence-corrected chi connectivity index (χ4v) is 2.01. The number of carbonyl (C=O) groups is 4. The zero-order valence-corrected chi connectivity index (χ0v) is 15.2. The van der Waals surface area contributed by atoms with E-state index in [2.05, 4.69) is 16.0 Å². The van der Waals surface area contributed by atoms with E-state index in [1.165, 1.54) is 0 Å². The van der Waals surface area contributed by atoms with Gasteiger partial charge in [-0.3, -0.25) is 9.59 Å². The van der Waals surface area contributed by atoms with E-state index in [4.69, 9.17) is 20.1 Å². The summed E-state index contributed by atoms with van der Waals surface area (Å²) < 4.78 is 4.98. The summed E-state index contributed by atoms with van der Waals surface area (Å²) in [5.41, 5.74) is 0. The molecule has 0 unspecified atom stereocenters. The normalized spacial score (nSPS) is 11.4. The molecule has 0 heterocycles. The first-order chi connectivity index (χ1) is 12.9. The lowest BCUT2D eigenvalue weighted by Crippen LogP contribution is -2.46. The molecular weight excluding hydrogens is 362 g/mol. The monoisotopic (exact) mass is 391 g/mol. The molecule has 0 aromatic carbocycles. The molecule has 1 atom stereocenters. The van der Waals surface area contributed by atoms with Gasteiger partial charge < -0.3 is 36.0 Å². The smallest absolute Gasteiger partial charge is 0.326 e. The second kappa shape index (κ2) is 15.8. The molecule has 11 heteroatoms. The number of rotatable bonds is 16. The van der Waals surface area contributed by atoms with Gasteiger partial charge in [-0.1, -0.05) is 0 Å². The van der Waals surface area contributed by atoms with Crippen LogP contribution in [0.25, 0.3) is 0 Å². The van der Waals surface area contributed by atoms with Crippen LogP contribution in [0.5, 0.6) is 0 Å². The van der Waals surface area contributed by atoms with Crippen molar-refractivity contribution in [3.8, 4) is 0 Å². The summed E-state index contributed by atoms with van der Waals surface area (Å²) in [5, 5.41) is 33.5. The quantitative estimate of drug-likeness (QED) is 0.187. The lowest BCUT2D eigenvalue weighted by Gasteiger charge is -2.14. The first-order valence-corrected chi connectivity index (χ1v) is 8.81. The lowest BCUT2D eigenvalue weighted by atomic mass is 10.1. The Morgan fingerprint density at radius 2 is 1.56 bits per heavy atom. The number of amides is 3. The second-order valence-corrected chi connectivity index (χ2v) is 5.72. The highest BCUT2D eigenvalue weighted by Crippen LogP contribution is 1.98. The number of aliphatic hydroxyl groups excluding tert-OH is 1. The van der Waals surface area contributed by atoms with E-state index < -0.39 is 24.0 Å². The van der Waals surface area contributed by atoms with Gasteiger partial charge in [-0.15, -0.1) is 0 Å². The fraction of sp³-hybridized carbons (Fsp3) is 0.750. The largest absolute Gasteiger partial charge is 0.481 e. The highest BCUT2D eigenvalue weighted by atomic mass is 16.5. The maximum absolute atomic E-state index is 11.6. The molecule has 0 aliphatic rings. The minimum atomic E-state index is -1.29. The molecule has 0 saturated heterocycles. The van der Waals surface area contributed by atoms with Crippen molar-refractivity contribution in [1.29, 1.82) is 0 Å². The number of aliphatic hydroxyl groups is 1. The van der Waals surface area contributed by atoms with Crippen LogP contribution >= 0.6 is 0 Å². The van der Waals surface area contributed by atoms with Crippen molar-refractivity contribution in [2.45, 2.75) is 44.6 Å². The Balaban J connectivity index is 3.68. The molecule has 0 aliphatic heterocycles. The third-order valence-electron chi connectivity index (χ3n) is 3.42. The van der Waals surface area contributed by atoms with Crippen molar-refractivity contribution in [3.05, 3.63) is 0 Å². The Kier molecular flexibility index (Phi) is 14.4. The van der Waals surface area contributed by atoms with Crippen molar-refractivity contribution in [2.75, 3.05) is 32.9 Å². The molecular formula is C16H29N3O8. The summed E-state index contributed by atoms with van der Waals surface area (Å²) >= 11 is 0. The minimum absolute atomic E-state index is 0.0764. The number of carbonyl (C=O) groups excluding carboxylic acids is 2. The Hall–Kier alpha value is -2.40. The zero-order valence-electron chi connectivity index (χ0n) is 15.2. The Labute approximate surface area is 157 Å². The summed E-state index contributed by atoms with van der Waals surface area (Å²) in [7, 11) is 0. The number of unbranched alkanes of at least 4 members (excludes halogenated alkanes) is 2. The molecule has 0 aliphatic carbocycles. The van der Waals surface area contributed by atoms with Crippen molar-refractivity contribution in [3.63, 3.8) is 0 Å². The topological polar surface area (TPSA) is 174 Å². The summed E-state index contributed by atoms with van der Waals surface area (Å²) in [5.74, 6) is -2.55. The Bertz CT molecular complexity index is 473. The van der Waals surface area contributed by atoms with Gasteiger partial charge in [-0.05, 0) is 25.7 Å². The van der Waals surface area contributed by atoms with Gasteiger partial charge in [-0.25, -0.2) is 9.59 Å². The van der Waals surface area contributed by atoms with E-state index in [1.54, 1.807) is 0 Å². The molecule has 6 N–H and O–H groups in total. The van der Waals surface area contributed by atoms with Crippen molar-refractivity contribution < 1.29 is 39.2 Å². The van der Waals surface area contributed by atoms with Crippen LogP contribution in [0.2, 0.25) is 0 Å². The maximum atomic E-state index is 11.6. The predicted molar refractivity (Wildman–Crippen MR) is 94.2 cm³/mol. The maximum Gasteiger partial charge on any atom is 0.326 e. The van der Waals surface area contributed by atoms with Crippen LogP contribution in [0.1, 0.15) is 38.5 Å². The second-order valence-electron chi connectivity index (χ2n) is 5.72. The SMILES string of the molecule is O=C(O)CC[C@H](NC(=O)NCCCCCNC(=O)CCOCCO)C(=O)O. The molecule has 0 bridgehead atoms. The van der Waals surface area contributed by atoms with Gasteiger partial charge in [0.15, 0.2) is 0 Å². The summed E-state index contributed by atoms with van der Waals surface area (Å²) in [6.45, 7) is 1.23. The fourth-order valence-electron chi connectivity index (χ4n) is 2.01. The number of urea groups is 1. The van der Waals surface area contributed by atoms with Crippen LogP contribution in [0.4, 0.5) is 4.79 Å². The highest BCUT2D eigenvalue weighted by Gasteiger charge is 2.20. The Morgan fingerprint density at radius 3 is 2.15 bits per heavy atom. The van der Waals surface area contributed by atoms with Crippen LogP contribution in [0.15, 0.2) is 0 Å².